The lowest BCUT2D eigenvalue weighted by Gasteiger charge is -2.15. The van der Waals surface area contributed by atoms with Crippen LogP contribution in [0, 0.1) is 0 Å². The number of methoxy groups -OCH3 is 1. The third-order valence-corrected chi connectivity index (χ3v) is 3.36. The van der Waals surface area contributed by atoms with Crippen molar-refractivity contribution in [2.24, 2.45) is 12.8 Å². The van der Waals surface area contributed by atoms with Gasteiger partial charge in [-0.2, -0.15) is 0 Å². The SMILES string of the molecule is COC(C)CC(N)Cc1nc2ccccc2n1C. The number of nitrogens with two attached hydrogens (primary N) is 1. The van der Waals surface area contributed by atoms with Crippen molar-refractivity contribution < 1.29 is 4.74 Å². The number of hydrogen-bond donors (Lipinski definition) is 1. The highest BCUT2D eigenvalue weighted by molar-refractivity contribution is 5.75. The average Bonchev–Trinajstić information content (AvgIpc) is 2.66. The van der Waals surface area contributed by atoms with E-state index in [1.54, 1.807) is 7.11 Å². The van der Waals surface area contributed by atoms with E-state index < -0.39 is 0 Å². The third kappa shape index (κ3) is 2.71. The van der Waals surface area contributed by atoms with Gasteiger partial charge in [0.05, 0.1) is 17.1 Å². The summed E-state index contributed by atoms with van der Waals surface area (Å²) in [4.78, 5) is 4.63. The first-order valence-electron chi connectivity index (χ1n) is 6.30. The summed E-state index contributed by atoms with van der Waals surface area (Å²) in [7, 11) is 3.75. The van der Waals surface area contributed by atoms with Crippen LogP contribution >= 0.6 is 0 Å². The van der Waals surface area contributed by atoms with Crippen LogP contribution in [-0.2, 0) is 18.2 Å². The van der Waals surface area contributed by atoms with E-state index in [-0.39, 0.29) is 12.1 Å². The molecule has 0 saturated heterocycles. The van der Waals surface area contributed by atoms with E-state index in [1.807, 2.05) is 32.2 Å². The molecule has 2 aromatic rings. The number of benzene rings is 1. The quantitative estimate of drug-likeness (QED) is 0.877. The first kappa shape index (κ1) is 13.1. The van der Waals surface area contributed by atoms with Crippen molar-refractivity contribution in [1.29, 1.82) is 0 Å². The zero-order valence-electron chi connectivity index (χ0n) is 11.3. The van der Waals surface area contributed by atoms with E-state index in [1.165, 1.54) is 0 Å². The molecule has 98 valence electrons. The number of hydrogen-bond acceptors (Lipinski definition) is 3. The molecule has 1 aromatic carbocycles. The number of nitrogens with zero attached hydrogens (tertiary/aromatic N) is 2. The first-order valence-corrected chi connectivity index (χ1v) is 6.30. The van der Waals surface area contributed by atoms with E-state index in [0.717, 1.165) is 29.7 Å². The van der Waals surface area contributed by atoms with Crippen LogP contribution in [-0.4, -0.2) is 28.8 Å². The van der Waals surface area contributed by atoms with E-state index in [9.17, 15) is 0 Å². The van der Waals surface area contributed by atoms with Crippen molar-refractivity contribution in [3.8, 4) is 0 Å². The molecule has 0 spiro atoms. The molecular weight excluding hydrogens is 226 g/mol. The predicted octanol–water partition coefficient (Wildman–Crippen LogP) is 1.87. The molecule has 0 fully saturated rings. The second kappa shape index (κ2) is 5.50. The Morgan fingerprint density at radius 3 is 2.78 bits per heavy atom. The summed E-state index contributed by atoms with van der Waals surface area (Å²) in [5.41, 5.74) is 8.32. The number of fused-ring (bicyclic) bond motifs is 1. The highest BCUT2D eigenvalue weighted by Gasteiger charge is 2.13. The minimum absolute atomic E-state index is 0.0791. The summed E-state index contributed by atoms with van der Waals surface area (Å²) in [5.74, 6) is 1.03. The summed E-state index contributed by atoms with van der Waals surface area (Å²) in [6.07, 6.45) is 1.81. The fourth-order valence-electron chi connectivity index (χ4n) is 2.22. The summed E-state index contributed by atoms with van der Waals surface area (Å²) in [5, 5.41) is 0. The van der Waals surface area contributed by atoms with Crippen LogP contribution < -0.4 is 5.73 Å². The largest absolute Gasteiger partial charge is 0.382 e. The molecule has 0 aliphatic rings. The molecule has 0 aliphatic carbocycles. The molecule has 18 heavy (non-hydrogen) atoms. The molecule has 1 heterocycles. The van der Waals surface area contributed by atoms with E-state index in [0.29, 0.717) is 0 Å². The second-order valence-corrected chi connectivity index (χ2v) is 4.82. The summed E-state index contributed by atoms with van der Waals surface area (Å²) < 4.78 is 7.36. The van der Waals surface area contributed by atoms with Crippen LogP contribution in [0.25, 0.3) is 11.0 Å². The van der Waals surface area contributed by atoms with Gasteiger partial charge in [0.2, 0.25) is 0 Å². The minimum Gasteiger partial charge on any atom is -0.382 e. The second-order valence-electron chi connectivity index (χ2n) is 4.82. The number of aromatic nitrogens is 2. The molecule has 2 unspecified atom stereocenters. The van der Waals surface area contributed by atoms with Crippen LogP contribution in [0.15, 0.2) is 24.3 Å². The average molecular weight is 247 g/mol. The van der Waals surface area contributed by atoms with Gasteiger partial charge in [0.1, 0.15) is 5.82 Å². The molecule has 2 N–H and O–H groups in total. The van der Waals surface area contributed by atoms with E-state index in [2.05, 4.69) is 15.6 Å². The Labute approximate surface area is 108 Å². The molecule has 0 saturated carbocycles. The van der Waals surface area contributed by atoms with Gasteiger partial charge in [-0.3, -0.25) is 0 Å². The minimum atomic E-state index is 0.0791. The molecule has 2 atom stereocenters. The van der Waals surface area contributed by atoms with Crippen molar-refractivity contribution in [3.63, 3.8) is 0 Å². The maximum Gasteiger partial charge on any atom is 0.111 e. The standard InChI is InChI=1S/C14H21N3O/c1-10(18-3)8-11(15)9-14-16-12-6-4-5-7-13(12)17(14)2/h4-7,10-11H,8-9,15H2,1-3H3. The van der Waals surface area contributed by atoms with Gasteiger partial charge in [-0.15, -0.1) is 0 Å². The highest BCUT2D eigenvalue weighted by Crippen LogP contribution is 2.16. The smallest absolute Gasteiger partial charge is 0.111 e. The molecule has 0 radical (unpaired) electrons. The van der Waals surface area contributed by atoms with Crippen molar-refractivity contribution in [3.05, 3.63) is 30.1 Å². The first-order chi connectivity index (χ1) is 8.61. The lowest BCUT2D eigenvalue weighted by Crippen LogP contribution is -2.29. The lowest BCUT2D eigenvalue weighted by atomic mass is 10.1. The van der Waals surface area contributed by atoms with Crippen molar-refractivity contribution >= 4 is 11.0 Å². The fraction of sp³-hybridized carbons (Fsp3) is 0.500. The van der Waals surface area contributed by atoms with Gasteiger partial charge in [0, 0.05) is 26.6 Å². The van der Waals surface area contributed by atoms with Crippen molar-refractivity contribution in [1.82, 2.24) is 9.55 Å². The Hall–Kier alpha value is -1.39. The summed E-state index contributed by atoms with van der Waals surface area (Å²) in [6.45, 7) is 2.04. The number of para-hydroxylation sites is 2. The Morgan fingerprint density at radius 1 is 1.39 bits per heavy atom. The zero-order valence-corrected chi connectivity index (χ0v) is 11.3. The Bertz CT molecular complexity index is 521. The van der Waals surface area contributed by atoms with Crippen LogP contribution in [0.4, 0.5) is 0 Å². The Kier molecular flexibility index (Phi) is 3.99. The van der Waals surface area contributed by atoms with Crippen LogP contribution in [0.1, 0.15) is 19.2 Å². The molecule has 0 bridgehead atoms. The maximum atomic E-state index is 6.14. The van der Waals surface area contributed by atoms with Gasteiger partial charge < -0.3 is 15.0 Å². The topological polar surface area (TPSA) is 53.1 Å². The van der Waals surface area contributed by atoms with E-state index in [4.69, 9.17) is 10.5 Å². The molecule has 2 rings (SSSR count). The summed E-state index contributed by atoms with van der Waals surface area (Å²) in [6, 6.07) is 8.22. The Morgan fingerprint density at radius 2 is 2.11 bits per heavy atom. The number of rotatable bonds is 5. The lowest BCUT2D eigenvalue weighted by molar-refractivity contribution is 0.104. The van der Waals surface area contributed by atoms with Crippen molar-refractivity contribution in [2.45, 2.75) is 31.9 Å². The normalized spacial score (nSPS) is 14.9. The van der Waals surface area contributed by atoms with Gasteiger partial charge >= 0.3 is 0 Å². The third-order valence-electron chi connectivity index (χ3n) is 3.36. The molecule has 1 aromatic heterocycles. The van der Waals surface area contributed by atoms with Crippen LogP contribution in [0.2, 0.25) is 0 Å². The Balaban J connectivity index is 2.14. The van der Waals surface area contributed by atoms with Gasteiger partial charge in [0.15, 0.2) is 0 Å². The van der Waals surface area contributed by atoms with Crippen LogP contribution in [0.5, 0.6) is 0 Å². The monoisotopic (exact) mass is 247 g/mol. The van der Waals surface area contributed by atoms with E-state index >= 15 is 0 Å². The van der Waals surface area contributed by atoms with Gasteiger partial charge in [-0.1, -0.05) is 12.1 Å². The van der Waals surface area contributed by atoms with Gasteiger partial charge in [-0.25, -0.2) is 4.98 Å². The van der Waals surface area contributed by atoms with Crippen molar-refractivity contribution in [2.75, 3.05) is 7.11 Å². The molecule has 4 heteroatoms. The van der Waals surface area contributed by atoms with Gasteiger partial charge in [0.25, 0.3) is 0 Å². The number of imidazole rings is 1. The number of ether oxygens (including phenoxy) is 1. The highest BCUT2D eigenvalue weighted by atomic mass is 16.5. The molecule has 0 aliphatic heterocycles. The molecule has 0 amide bonds. The molecule has 4 nitrogen and oxygen atoms in total. The summed E-state index contributed by atoms with van der Waals surface area (Å²) >= 11 is 0. The van der Waals surface area contributed by atoms with Crippen LogP contribution in [0.3, 0.4) is 0 Å². The fourth-order valence-corrected chi connectivity index (χ4v) is 2.22. The zero-order chi connectivity index (χ0) is 13.1. The number of aryl methyl sites for hydroxylation is 1. The molecular formula is C14H21N3O. The maximum absolute atomic E-state index is 6.14. The predicted molar refractivity (Wildman–Crippen MR) is 73.5 cm³/mol. The van der Waals surface area contributed by atoms with Gasteiger partial charge in [-0.05, 0) is 25.5 Å².